The lowest BCUT2D eigenvalue weighted by atomic mass is 10.0. The van der Waals surface area contributed by atoms with Crippen LogP contribution in [0, 0.1) is 0 Å². The Hall–Kier alpha value is -2.88. The van der Waals surface area contributed by atoms with Gasteiger partial charge in [0.1, 0.15) is 5.69 Å². The standard InChI is InChI=1S/C21H20N2O2/c24-20(21(25)22-16-10-4-5-11-16)19-18(15-8-2-1-3-9-15)14-17-12-6-7-13-23(17)19/h1-3,6-9,12-14,16H,4-5,10-11H2,(H,22,25). The van der Waals surface area contributed by atoms with Gasteiger partial charge in [0, 0.05) is 23.3 Å². The molecule has 1 aliphatic carbocycles. The van der Waals surface area contributed by atoms with Crippen molar-refractivity contribution in [2.75, 3.05) is 0 Å². The van der Waals surface area contributed by atoms with E-state index >= 15 is 0 Å². The number of hydrogen-bond donors (Lipinski definition) is 1. The molecule has 4 nitrogen and oxygen atoms in total. The molecule has 1 fully saturated rings. The number of amides is 1. The van der Waals surface area contributed by atoms with Gasteiger partial charge in [-0.15, -0.1) is 0 Å². The summed E-state index contributed by atoms with van der Waals surface area (Å²) in [4.78, 5) is 25.5. The first-order valence-corrected chi connectivity index (χ1v) is 8.75. The predicted molar refractivity (Wildman–Crippen MR) is 97.6 cm³/mol. The first kappa shape index (κ1) is 15.6. The minimum absolute atomic E-state index is 0.128. The number of benzene rings is 1. The van der Waals surface area contributed by atoms with E-state index in [0.717, 1.165) is 42.3 Å². The van der Waals surface area contributed by atoms with Crippen LogP contribution < -0.4 is 5.32 Å². The zero-order chi connectivity index (χ0) is 17.2. The second kappa shape index (κ2) is 6.55. The number of nitrogens with one attached hydrogen (secondary N) is 1. The third-order valence-electron chi connectivity index (χ3n) is 4.88. The van der Waals surface area contributed by atoms with Crippen molar-refractivity contribution in [1.82, 2.24) is 9.72 Å². The number of rotatable bonds is 4. The maximum absolute atomic E-state index is 13.0. The lowest BCUT2D eigenvalue weighted by Crippen LogP contribution is -2.38. The SMILES string of the molecule is O=C(NC1CCCC1)C(=O)c1c(-c2ccccc2)cc2ccccn12. The number of fused-ring (bicyclic) bond motifs is 1. The van der Waals surface area contributed by atoms with Crippen molar-refractivity contribution in [3.63, 3.8) is 0 Å². The topological polar surface area (TPSA) is 50.6 Å². The van der Waals surface area contributed by atoms with Crippen LogP contribution >= 0.6 is 0 Å². The highest BCUT2D eigenvalue weighted by Crippen LogP contribution is 2.28. The molecule has 4 rings (SSSR count). The zero-order valence-corrected chi connectivity index (χ0v) is 13.9. The molecule has 4 heteroatoms. The number of pyridine rings is 1. The highest BCUT2D eigenvalue weighted by atomic mass is 16.2. The fourth-order valence-electron chi connectivity index (χ4n) is 3.62. The van der Waals surface area contributed by atoms with Crippen LogP contribution in [0.5, 0.6) is 0 Å². The van der Waals surface area contributed by atoms with E-state index in [2.05, 4.69) is 5.32 Å². The molecule has 0 aliphatic heterocycles. The largest absolute Gasteiger partial charge is 0.346 e. The predicted octanol–water partition coefficient (Wildman–Crippen LogP) is 3.85. The van der Waals surface area contributed by atoms with Crippen molar-refractivity contribution >= 4 is 17.2 Å². The van der Waals surface area contributed by atoms with E-state index in [-0.39, 0.29) is 6.04 Å². The highest BCUT2D eigenvalue weighted by molar-refractivity contribution is 6.43. The summed E-state index contributed by atoms with van der Waals surface area (Å²) in [5, 5.41) is 2.91. The molecule has 1 N–H and O–H groups in total. The third kappa shape index (κ3) is 2.95. The maximum Gasteiger partial charge on any atom is 0.294 e. The summed E-state index contributed by atoms with van der Waals surface area (Å²) in [6.45, 7) is 0. The number of ketones is 1. The van der Waals surface area contributed by atoms with Gasteiger partial charge in [-0.25, -0.2) is 0 Å². The van der Waals surface area contributed by atoms with Gasteiger partial charge in [0.15, 0.2) is 0 Å². The lowest BCUT2D eigenvalue weighted by molar-refractivity contribution is -0.117. The van der Waals surface area contributed by atoms with Crippen molar-refractivity contribution in [3.05, 3.63) is 66.5 Å². The van der Waals surface area contributed by atoms with Crippen LogP contribution in [0.15, 0.2) is 60.8 Å². The Morgan fingerprint density at radius 3 is 2.44 bits per heavy atom. The minimum Gasteiger partial charge on any atom is -0.346 e. The van der Waals surface area contributed by atoms with Crippen LogP contribution in [0.25, 0.3) is 16.6 Å². The molecule has 2 aromatic heterocycles. The van der Waals surface area contributed by atoms with Gasteiger partial charge in [-0.2, -0.15) is 0 Å². The molecule has 1 saturated carbocycles. The molecule has 0 saturated heterocycles. The van der Waals surface area contributed by atoms with Crippen LogP contribution in [0.1, 0.15) is 36.2 Å². The second-order valence-electron chi connectivity index (χ2n) is 6.55. The molecule has 2 heterocycles. The Bertz CT molecular complexity index is 921. The smallest absolute Gasteiger partial charge is 0.294 e. The normalized spacial score (nSPS) is 14.7. The van der Waals surface area contributed by atoms with Crippen molar-refractivity contribution in [2.45, 2.75) is 31.7 Å². The second-order valence-corrected chi connectivity index (χ2v) is 6.55. The molecule has 0 radical (unpaired) electrons. The molecule has 3 aromatic rings. The lowest BCUT2D eigenvalue weighted by Gasteiger charge is -2.12. The van der Waals surface area contributed by atoms with E-state index in [1.165, 1.54) is 0 Å². The summed E-state index contributed by atoms with van der Waals surface area (Å²) < 4.78 is 1.80. The Morgan fingerprint density at radius 2 is 1.68 bits per heavy atom. The first-order valence-electron chi connectivity index (χ1n) is 8.75. The van der Waals surface area contributed by atoms with Crippen LogP contribution in [-0.2, 0) is 4.79 Å². The van der Waals surface area contributed by atoms with E-state index in [9.17, 15) is 9.59 Å². The van der Waals surface area contributed by atoms with Crippen LogP contribution in [-0.4, -0.2) is 22.1 Å². The Morgan fingerprint density at radius 1 is 0.960 bits per heavy atom. The van der Waals surface area contributed by atoms with Gasteiger partial charge in [-0.3, -0.25) is 9.59 Å². The number of carbonyl (C=O) groups excluding carboxylic acids is 2. The number of nitrogens with zero attached hydrogens (tertiary/aromatic N) is 1. The molecule has 1 aromatic carbocycles. The fourth-order valence-corrected chi connectivity index (χ4v) is 3.62. The molecule has 0 atom stereocenters. The maximum atomic E-state index is 13.0. The summed E-state index contributed by atoms with van der Waals surface area (Å²) in [6.07, 6.45) is 5.97. The van der Waals surface area contributed by atoms with Gasteiger partial charge in [-0.05, 0) is 36.6 Å². The van der Waals surface area contributed by atoms with E-state index in [4.69, 9.17) is 0 Å². The van der Waals surface area contributed by atoms with Crippen molar-refractivity contribution in [2.24, 2.45) is 0 Å². The highest BCUT2D eigenvalue weighted by Gasteiger charge is 2.27. The first-order chi connectivity index (χ1) is 12.2. The molecule has 126 valence electrons. The quantitative estimate of drug-likeness (QED) is 0.583. The summed E-state index contributed by atoms with van der Waals surface area (Å²) in [6, 6.07) is 17.6. The molecular weight excluding hydrogens is 312 g/mol. The molecule has 0 unspecified atom stereocenters. The summed E-state index contributed by atoms with van der Waals surface area (Å²) in [5.74, 6) is -0.982. The summed E-state index contributed by atoms with van der Waals surface area (Å²) >= 11 is 0. The van der Waals surface area contributed by atoms with E-state index in [1.807, 2.05) is 60.8 Å². The van der Waals surface area contributed by atoms with Crippen molar-refractivity contribution in [3.8, 4) is 11.1 Å². The summed E-state index contributed by atoms with van der Waals surface area (Å²) in [5.41, 5.74) is 3.05. The Labute approximate surface area is 146 Å². The fraction of sp³-hybridized carbons (Fsp3) is 0.238. The molecule has 1 aliphatic rings. The average Bonchev–Trinajstić information content (AvgIpc) is 3.29. The van der Waals surface area contributed by atoms with Crippen LogP contribution in [0.4, 0.5) is 0 Å². The molecule has 0 bridgehead atoms. The molecule has 0 spiro atoms. The Balaban J connectivity index is 1.76. The number of aromatic nitrogens is 1. The average molecular weight is 332 g/mol. The minimum atomic E-state index is -0.507. The van der Waals surface area contributed by atoms with Gasteiger partial charge < -0.3 is 9.72 Å². The van der Waals surface area contributed by atoms with E-state index in [0.29, 0.717) is 5.69 Å². The monoisotopic (exact) mass is 332 g/mol. The van der Waals surface area contributed by atoms with Gasteiger partial charge in [-0.1, -0.05) is 49.2 Å². The van der Waals surface area contributed by atoms with Crippen molar-refractivity contribution < 1.29 is 9.59 Å². The van der Waals surface area contributed by atoms with E-state index < -0.39 is 11.7 Å². The zero-order valence-electron chi connectivity index (χ0n) is 13.9. The van der Waals surface area contributed by atoms with Gasteiger partial charge in [0.2, 0.25) is 0 Å². The number of hydrogen-bond acceptors (Lipinski definition) is 2. The Kier molecular flexibility index (Phi) is 4.10. The number of Topliss-reactive ketones (excluding diaryl/α,β-unsaturated/α-hetero) is 1. The molecule has 25 heavy (non-hydrogen) atoms. The third-order valence-corrected chi connectivity index (χ3v) is 4.88. The van der Waals surface area contributed by atoms with Crippen molar-refractivity contribution in [1.29, 1.82) is 0 Å². The number of carbonyl (C=O) groups is 2. The van der Waals surface area contributed by atoms with Gasteiger partial charge >= 0.3 is 0 Å². The molecule has 1 amide bonds. The molecular formula is C21H20N2O2. The van der Waals surface area contributed by atoms with E-state index in [1.54, 1.807) is 4.40 Å². The van der Waals surface area contributed by atoms with Crippen LogP contribution in [0.3, 0.4) is 0 Å². The summed E-state index contributed by atoms with van der Waals surface area (Å²) in [7, 11) is 0. The van der Waals surface area contributed by atoms with Gasteiger partial charge in [0.25, 0.3) is 11.7 Å². The van der Waals surface area contributed by atoms with Gasteiger partial charge in [0.05, 0.1) is 0 Å². The van der Waals surface area contributed by atoms with Crippen LogP contribution in [0.2, 0.25) is 0 Å².